The molecular weight excluding hydrogens is 262 g/mol. The lowest BCUT2D eigenvalue weighted by Crippen LogP contribution is -2.33. The molecule has 0 saturated heterocycles. The third-order valence-corrected chi connectivity index (χ3v) is 2.98. The average molecular weight is 279 g/mol. The van der Waals surface area contributed by atoms with Gasteiger partial charge in [0.25, 0.3) is 0 Å². The summed E-state index contributed by atoms with van der Waals surface area (Å²) in [6.07, 6.45) is 3.83. The predicted molar refractivity (Wildman–Crippen MR) is 70.2 cm³/mol. The number of nitrogens with one attached hydrogen (secondary N) is 2. The number of aromatic carboxylic acids is 1. The van der Waals surface area contributed by atoms with E-state index in [1.54, 1.807) is 6.07 Å². The van der Waals surface area contributed by atoms with Gasteiger partial charge < -0.3 is 20.3 Å². The highest BCUT2D eigenvalue weighted by molar-refractivity contribution is 5.87. The van der Waals surface area contributed by atoms with Gasteiger partial charge in [0, 0.05) is 25.2 Å². The van der Waals surface area contributed by atoms with E-state index in [2.05, 4.69) is 10.6 Å². The first-order chi connectivity index (χ1) is 9.56. The van der Waals surface area contributed by atoms with E-state index in [9.17, 15) is 14.4 Å². The van der Waals surface area contributed by atoms with Gasteiger partial charge in [-0.25, -0.2) is 4.79 Å². The highest BCUT2D eigenvalue weighted by Gasteiger charge is 2.22. The second-order valence-electron chi connectivity index (χ2n) is 4.77. The molecule has 1 aromatic rings. The van der Waals surface area contributed by atoms with Crippen molar-refractivity contribution in [3.63, 3.8) is 0 Å². The SMILES string of the molecule is O=C(Cn1cccc1C(=O)O)NCCC(=O)NC1CC1. The molecule has 1 fully saturated rings. The molecular formula is C13H17N3O4. The van der Waals surface area contributed by atoms with Gasteiger partial charge in [-0.3, -0.25) is 9.59 Å². The van der Waals surface area contributed by atoms with Gasteiger partial charge in [0.1, 0.15) is 12.2 Å². The Morgan fingerprint density at radius 1 is 1.30 bits per heavy atom. The maximum absolute atomic E-state index is 11.6. The van der Waals surface area contributed by atoms with Crippen LogP contribution in [0.4, 0.5) is 0 Å². The number of amides is 2. The van der Waals surface area contributed by atoms with Crippen molar-refractivity contribution < 1.29 is 19.5 Å². The summed E-state index contributed by atoms with van der Waals surface area (Å²) < 4.78 is 1.35. The first-order valence-corrected chi connectivity index (χ1v) is 6.51. The molecule has 0 aliphatic heterocycles. The molecule has 0 spiro atoms. The molecule has 0 unspecified atom stereocenters. The molecule has 20 heavy (non-hydrogen) atoms. The van der Waals surface area contributed by atoms with E-state index in [-0.39, 0.29) is 37.0 Å². The number of rotatable bonds is 7. The highest BCUT2D eigenvalue weighted by atomic mass is 16.4. The van der Waals surface area contributed by atoms with Crippen molar-refractivity contribution in [3.8, 4) is 0 Å². The maximum Gasteiger partial charge on any atom is 0.352 e. The summed E-state index contributed by atoms with van der Waals surface area (Å²) in [7, 11) is 0. The normalized spacial score (nSPS) is 13.8. The van der Waals surface area contributed by atoms with Crippen molar-refractivity contribution >= 4 is 17.8 Å². The molecule has 0 atom stereocenters. The Kier molecular flexibility index (Phi) is 4.39. The Hall–Kier alpha value is -2.31. The molecule has 7 heteroatoms. The molecule has 1 saturated carbocycles. The Bertz CT molecular complexity index is 519. The van der Waals surface area contributed by atoms with E-state index in [1.807, 2.05) is 0 Å². The van der Waals surface area contributed by atoms with Gasteiger partial charge >= 0.3 is 5.97 Å². The fourth-order valence-electron chi connectivity index (χ4n) is 1.80. The molecule has 1 heterocycles. The average Bonchev–Trinajstić information content (AvgIpc) is 3.05. The number of hydrogen-bond acceptors (Lipinski definition) is 3. The van der Waals surface area contributed by atoms with E-state index in [0.29, 0.717) is 6.04 Å². The predicted octanol–water partition coefficient (Wildman–Crippen LogP) is -0.0288. The summed E-state index contributed by atoms with van der Waals surface area (Å²) in [4.78, 5) is 33.9. The summed E-state index contributed by atoms with van der Waals surface area (Å²) in [6.45, 7) is 0.180. The quantitative estimate of drug-likeness (QED) is 0.652. The highest BCUT2D eigenvalue weighted by Crippen LogP contribution is 2.18. The zero-order valence-corrected chi connectivity index (χ0v) is 11.0. The van der Waals surface area contributed by atoms with Gasteiger partial charge in [-0.2, -0.15) is 0 Å². The molecule has 108 valence electrons. The summed E-state index contributed by atoms with van der Waals surface area (Å²) in [6, 6.07) is 3.31. The molecule has 0 aromatic carbocycles. The summed E-state index contributed by atoms with van der Waals surface area (Å²) in [5.41, 5.74) is 0.0617. The second kappa shape index (κ2) is 6.23. The Morgan fingerprint density at radius 3 is 2.70 bits per heavy atom. The Morgan fingerprint density at radius 2 is 2.05 bits per heavy atom. The lowest BCUT2D eigenvalue weighted by molar-refractivity contribution is -0.122. The van der Waals surface area contributed by atoms with Gasteiger partial charge in [-0.05, 0) is 25.0 Å². The van der Waals surface area contributed by atoms with E-state index >= 15 is 0 Å². The van der Waals surface area contributed by atoms with Gasteiger partial charge in [0.15, 0.2) is 0 Å². The molecule has 1 aromatic heterocycles. The van der Waals surface area contributed by atoms with Crippen molar-refractivity contribution in [1.29, 1.82) is 0 Å². The van der Waals surface area contributed by atoms with E-state index in [4.69, 9.17) is 5.11 Å². The van der Waals surface area contributed by atoms with Crippen molar-refractivity contribution in [1.82, 2.24) is 15.2 Å². The minimum Gasteiger partial charge on any atom is -0.477 e. The zero-order chi connectivity index (χ0) is 14.5. The topological polar surface area (TPSA) is 100 Å². The monoisotopic (exact) mass is 279 g/mol. The number of nitrogens with zero attached hydrogens (tertiary/aromatic N) is 1. The molecule has 0 radical (unpaired) electrons. The Labute approximate surface area is 116 Å². The fourth-order valence-corrected chi connectivity index (χ4v) is 1.80. The third kappa shape index (κ3) is 4.11. The van der Waals surface area contributed by atoms with Crippen molar-refractivity contribution in [2.45, 2.75) is 31.8 Å². The number of carbonyl (C=O) groups is 3. The Balaban J connectivity index is 1.70. The second-order valence-corrected chi connectivity index (χ2v) is 4.77. The lowest BCUT2D eigenvalue weighted by atomic mass is 10.3. The number of aromatic nitrogens is 1. The van der Waals surface area contributed by atoms with E-state index in [0.717, 1.165) is 12.8 Å². The molecule has 0 bridgehead atoms. The summed E-state index contributed by atoms with van der Waals surface area (Å²) >= 11 is 0. The van der Waals surface area contributed by atoms with Crippen LogP contribution in [0.1, 0.15) is 29.8 Å². The standard InChI is InChI=1S/C13H17N3O4/c17-11(15-9-3-4-9)5-6-14-12(18)8-16-7-1-2-10(16)13(19)20/h1-2,7,9H,3-6,8H2,(H,14,18)(H,15,17)(H,19,20). The molecule has 7 nitrogen and oxygen atoms in total. The van der Waals surface area contributed by atoms with Gasteiger partial charge in [0.2, 0.25) is 11.8 Å². The van der Waals surface area contributed by atoms with Crippen LogP contribution in [0.5, 0.6) is 0 Å². The maximum atomic E-state index is 11.6. The molecule has 1 aliphatic carbocycles. The van der Waals surface area contributed by atoms with Crippen molar-refractivity contribution in [2.24, 2.45) is 0 Å². The van der Waals surface area contributed by atoms with Crippen molar-refractivity contribution in [3.05, 3.63) is 24.0 Å². The minimum absolute atomic E-state index is 0.0617. The number of carboxylic acids is 1. The molecule has 2 rings (SSSR count). The first-order valence-electron chi connectivity index (χ1n) is 6.51. The van der Waals surface area contributed by atoms with Crippen molar-refractivity contribution in [2.75, 3.05) is 6.54 Å². The van der Waals surface area contributed by atoms with Crippen LogP contribution in [0.2, 0.25) is 0 Å². The molecule has 2 amide bonds. The summed E-state index contributed by atoms with van der Waals surface area (Å²) in [5.74, 6) is -1.46. The zero-order valence-electron chi connectivity index (χ0n) is 11.0. The summed E-state index contributed by atoms with van der Waals surface area (Å²) in [5, 5.41) is 14.3. The van der Waals surface area contributed by atoms with Gasteiger partial charge in [0.05, 0.1) is 0 Å². The third-order valence-electron chi connectivity index (χ3n) is 2.98. The molecule has 3 N–H and O–H groups in total. The number of carboxylic acid groups (broad SMARTS) is 1. The number of hydrogen-bond donors (Lipinski definition) is 3. The first kappa shape index (κ1) is 14.1. The van der Waals surface area contributed by atoms with Crippen LogP contribution in [0.25, 0.3) is 0 Å². The van der Waals surface area contributed by atoms with Crippen LogP contribution < -0.4 is 10.6 Å². The number of carbonyl (C=O) groups excluding carboxylic acids is 2. The fraction of sp³-hybridized carbons (Fsp3) is 0.462. The van der Waals surface area contributed by atoms with Crippen LogP contribution in [0.3, 0.4) is 0 Å². The van der Waals surface area contributed by atoms with E-state index in [1.165, 1.54) is 16.8 Å². The lowest BCUT2D eigenvalue weighted by Gasteiger charge is -2.08. The van der Waals surface area contributed by atoms with Crippen LogP contribution in [0.15, 0.2) is 18.3 Å². The van der Waals surface area contributed by atoms with E-state index < -0.39 is 5.97 Å². The van der Waals surface area contributed by atoms with Crippen LogP contribution in [-0.2, 0) is 16.1 Å². The van der Waals surface area contributed by atoms with Crippen LogP contribution >= 0.6 is 0 Å². The largest absolute Gasteiger partial charge is 0.477 e. The van der Waals surface area contributed by atoms with Crippen LogP contribution in [-0.4, -0.2) is 40.0 Å². The van der Waals surface area contributed by atoms with Gasteiger partial charge in [-0.1, -0.05) is 0 Å². The molecule has 1 aliphatic rings. The smallest absolute Gasteiger partial charge is 0.352 e. The van der Waals surface area contributed by atoms with Crippen LogP contribution in [0, 0.1) is 0 Å². The minimum atomic E-state index is -1.08. The van der Waals surface area contributed by atoms with Gasteiger partial charge in [-0.15, -0.1) is 0 Å².